The van der Waals surface area contributed by atoms with Gasteiger partial charge in [0.05, 0.1) is 10.5 Å². The minimum Gasteiger partial charge on any atom is -0.207 e. The summed E-state index contributed by atoms with van der Waals surface area (Å²) in [5, 5.41) is 0. The van der Waals surface area contributed by atoms with Crippen LogP contribution in [0.3, 0.4) is 0 Å². The van der Waals surface area contributed by atoms with Gasteiger partial charge in [0.15, 0.2) is 0 Å². The molecule has 0 atom stereocenters. The highest BCUT2D eigenvalue weighted by Crippen LogP contribution is 2.30. The lowest BCUT2D eigenvalue weighted by molar-refractivity contribution is -0.137. The number of benzene rings is 3. The number of halogens is 4. The van der Waals surface area contributed by atoms with E-state index in [-0.39, 0.29) is 10.5 Å². The van der Waals surface area contributed by atoms with Crippen molar-refractivity contribution in [2.24, 2.45) is 0 Å². The summed E-state index contributed by atoms with van der Waals surface area (Å²) in [5.41, 5.74) is 0.435. The fraction of sp³-hybridized carbons (Fsp3) is 0.100. The van der Waals surface area contributed by atoms with E-state index in [9.17, 15) is 26.0 Å². The first kappa shape index (κ1) is 20.0. The predicted molar refractivity (Wildman–Crippen MR) is 97.3 cm³/mol. The van der Waals surface area contributed by atoms with Gasteiger partial charge in [0.2, 0.25) is 10.0 Å². The van der Waals surface area contributed by atoms with E-state index in [1.54, 1.807) is 12.1 Å². The molecule has 0 heterocycles. The molecular formula is C20H15F4NO2S. The zero-order valence-corrected chi connectivity index (χ0v) is 15.2. The Morgan fingerprint density at radius 1 is 0.821 bits per heavy atom. The van der Waals surface area contributed by atoms with Crippen molar-refractivity contribution in [2.75, 3.05) is 0 Å². The highest BCUT2D eigenvalue weighted by molar-refractivity contribution is 7.89. The second kappa shape index (κ2) is 7.73. The average Bonchev–Trinajstić information content (AvgIpc) is 2.67. The fourth-order valence-electron chi connectivity index (χ4n) is 2.58. The molecule has 0 saturated carbocycles. The first-order chi connectivity index (χ1) is 13.2. The minimum absolute atomic E-state index is 0.0282. The maximum absolute atomic E-state index is 13.9. The van der Waals surface area contributed by atoms with E-state index in [2.05, 4.69) is 4.72 Å². The Hall–Kier alpha value is -2.71. The number of sulfonamides is 1. The van der Waals surface area contributed by atoms with Crippen LogP contribution >= 0.6 is 0 Å². The molecule has 0 unspecified atom stereocenters. The van der Waals surface area contributed by atoms with Crippen molar-refractivity contribution < 1.29 is 26.0 Å². The molecule has 0 aromatic heterocycles. The van der Waals surface area contributed by atoms with Gasteiger partial charge in [-0.3, -0.25) is 0 Å². The molecule has 3 nitrogen and oxygen atoms in total. The molecule has 8 heteroatoms. The molecule has 0 spiro atoms. The van der Waals surface area contributed by atoms with Gasteiger partial charge >= 0.3 is 6.18 Å². The topological polar surface area (TPSA) is 46.2 Å². The number of hydrogen-bond donors (Lipinski definition) is 1. The number of hydrogen-bond acceptors (Lipinski definition) is 2. The van der Waals surface area contributed by atoms with E-state index >= 15 is 0 Å². The molecule has 3 aromatic rings. The van der Waals surface area contributed by atoms with Gasteiger partial charge in [0.25, 0.3) is 0 Å². The van der Waals surface area contributed by atoms with Crippen molar-refractivity contribution in [3.63, 3.8) is 0 Å². The molecule has 0 aliphatic carbocycles. The molecule has 0 amide bonds. The maximum atomic E-state index is 13.9. The summed E-state index contributed by atoms with van der Waals surface area (Å²) in [6.45, 7) is -0.466. The lowest BCUT2D eigenvalue weighted by Gasteiger charge is -2.11. The van der Waals surface area contributed by atoms with Crippen LogP contribution in [0.4, 0.5) is 17.6 Å². The van der Waals surface area contributed by atoms with E-state index in [4.69, 9.17) is 0 Å². The number of rotatable bonds is 5. The summed E-state index contributed by atoms with van der Waals surface area (Å²) in [7, 11) is -3.95. The summed E-state index contributed by atoms with van der Waals surface area (Å²) >= 11 is 0. The van der Waals surface area contributed by atoms with Gasteiger partial charge in [-0.15, -0.1) is 0 Å². The molecule has 3 rings (SSSR count). The zero-order chi connectivity index (χ0) is 20.4. The Morgan fingerprint density at radius 3 is 2.00 bits per heavy atom. The SMILES string of the molecule is O=S(=O)(NCc1ccc(C(F)(F)F)cc1F)c1ccc(-c2ccccc2)cc1. The van der Waals surface area contributed by atoms with Gasteiger partial charge in [0.1, 0.15) is 5.82 Å². The third kappa shape index (κ3) is 4.58. The molecule has 0 bridgehead atoms. The Balaban J connectivity index is 1.74. The molecule has 0 aliphatic heterocycles. The molecule has 0 saturated heterocycles. The lowest BCUT2D eigenvalue weighted by atomic mass is 10.1. The first-order valence-corrected chi connectivity index (χ1v) is 9.66. The third-order valence-corrected chi connectivity index (χ3v) is 5.52. The van der Waals surface area contributed by atoms with Gasteiger partial charge in [-0.05, 0) is 35.4 Å². The van der Waals surface area contributed by atoms with Crippen LogP contribution in [0, 0.1) is 5.82 Å². The van der Waals surface area contributed by atoms with Crippen LogP contribution in [0.15, 0.2) is 77.7 Å². The molecule has 1 N–H and O–H groups in total. The summed E-state index contributed by atoms with van der Waals surface area (Å²) in [4.78, 5) is -0.0282. The largest absolute Gasteiger partial charge is 0.416 e. The lowest BCUT2D eigenvalue weighted by Crippen LogP contribution is -2.23. The first-order valence-electron chi connectivity index (χ1n) is 8.17. The Bertz CT molecular complexity index is 1060. The van der Waals surface area contributed by atoms with Crippen molar-refractivity contribution in [1.82, 2.24) is 4.72 Å². The number of nitrogens with one attached hydrogen (secondary N) is 1. The molecule has 0 fully saturated rings. The summed E-state index contributed by atoms with van der Waals surface area (Å²) in [5.74, 6) is -1.13. The smallest absolute Gasteiger partial charge is 0.207 e. The van der Waals surface area contributed by atoms with Crippen LogP contribution in [0.1, 0.15) is 11.1 Å². The molecule has 3 aromatic carbocycles. The van der Waals surface area contributed by atoms with Crippen molar-refractivity contribution in [3.8, 4) is 11.1 Å². The summed E-state index contributed by atoms with van der Waals surface area (Å²) in [6, 6.07) is 17.4. The standard InChI is InChI=1S/C20H15F4NO2S/c21-19-12-17(20(22,23)24)9-6-16(19)13-25-28(26,27)18-10-7-15(8-11-18)14-4-2-1-3-5-14/h1-12,25H,13H2. The molecule has 146 valence electrons. The van der Waals surface area contributed by atoms with E-state index < -0.39 is 34.1 Å². The highest BCUT2D eigenvalue weighted by Gasteiger charge is 2.31. The van der Waals surface area contributed by atoms with Gasteiger partial charge in [0, 0.05) is 12.1 Å². The molecular weight excluding hydrogens is 394 g/mol. The van der Waals surface area contributed by atoms with E-state index in [1.165, 1.54) is 12.1 Å². The Morgan fingerprint density at radius 2 is 1.43 bits per heavy atom. The van der Waals surface area contributed by atoms with Gasteiger partial charge in [-0.25, -0.2) is 17.5 Å². The average molecular weight is 409 g/mol. The van der Waals surface area contributed by atoms with Crippen molar-refractivity contribution in [2.45, 2.75) is 17.6 Å². The van der Waals surface area contributed by atoms with E-state index in [0.29, 0.717) is 12.1 Å². The van der Waals surface area contributed by atoms with Crippen LogP contribution in [0.2, 0.25) is 0 Å². The quantitative estimate of drug-likeness (QED) is 0.604. The zero-order valence-electron chi connectivity index (χ0n) is 14.4. The van der Waals surface area contributed by atoms with E-state index in [0.717, 1.165) is 17.2 Å². The van der Waals surface area contributed by atoms with Gasteiger partial charge in [-0.2, -0.15) is 13.2 Å². The van der Waals surface area contributed by atoms with Crippen molar-refractivity contribution in [1.29, 1.82) is 0 Å². The normalized spacial score (nSPS) is 12.1. The summed E-state index contributed by atoms with van der Waals surface area (Å²) in [6.07, 6.45) is -4.67. The van der Waals surface area contributed by atoms with Crippen LogP contribution < -0.4 is 4.72 Å². The molecule has 28 heavy (non-hydrogen) atoms. The van der Waals surface area contributed by atoms with Crippen LogP contribution in [-0.4, -0.2) is 8.42 Å². The number of alkyl halides is 3. The Labute approximate surface area is 159 Å². The van der Waals surface area contributed by atoms with Gasteiger partial charge < -0.3 is 0 Å². The second-order valence-corrected chi connectivity index (χ2v) is 7.79. The van der Waals surface area contributed by atoms with Crippen LogP contribution in [0.25, 0.3) is 11.1 Å². The van der Waals surface area contributed by atoms with Crippen LogP contribution in [0.5, 0.6) is 0 Å². The monoisotopic (exact) mass is 409 g/mol. The maximum Gasteiger partial charge on any atom is 0.416 e. The second-order valence-electron chi connectivity index (χ2n) is 6.02. The van der Waals surface area contributed by atoms with Crippen molar-refractivity contribution >= 4 is 10.0 Å². The van der Waals surface area contributed by atoms with Crippen molar-refractivity contribution in [3.05, 3.63) is 89.7 Å². The molecule has 0 aliphatic rings. The third-order valence-electron chi connectivity index (χ3n) is 4.10. The molecule has 0 radical (unpaired) electrons. The summed E-state index contributed by atoms with van der Waals surface area (Å²) < 4.78 is 78.5. The van der Waals surface area contributed by atoms with E-state index in [1.807, 2.05) is 30.3 Å². The fourth-order valence-corrected chi connectivity index (χ4v) is 3.59. The minimum atomic E-state index is -4.67. The van der Waals surface area contributed by atoms with Gasteiger partial charge in [-0.1, -0.05) is 48.5 Å². The van der Waals surface area contributed by atoms with Crippen LogP contribution in [-0.2, 0) is 22.7 Å². The predicted octanol–water partition coefficient (Wildman–Crippen LogP) is 4.99. The highest BCUT2D eigenvalue weighted by atomic mass is 32.2. The Kier molecular flexibility index (Phi) is 5.53.